The van der Waals surface area contributed by atoms with Gasteiger partial charge in [-0.25, -0.2) is 0 Å². The van der Waals surface area contributed by atoms with Crippen LogP contribution in [-0.2, 0) is 6.54 Å². The summed E-state index contributed by atoms with van der Waals surface area (Å²) in [4.78, 5) is 2.81. The smallest absolute Gasteiger partial charge is 0.0338 e. The fourth-order valence-electron chi connectivity index (χ4n) is 4.11. The minimum atomic E-state index is 0.274. The molecule has 1 N–H and O–H groups in total. The Balaban J connectivity index is 1.85. The van der Waals surface area contributed by atoms with E-state index in [-0.39, 0.29) is 5.54 Å². The Hall–Kier alpha value is -0.860. The normalized spacial score (nSPS) is 29.1. The van der Waals surface area contributed by atoms with Gasteiger partial charge in [0.1, 0.15) is 0 Å². The number of hydrogen-bond acceptors (Lipinski definition) is 2. The molecule has 1 aromatic rings. The number of rotatable bonds is 3. The van der Waals surface area contributed by atoms with Crippen LogP contribution < -0.4 is 5.32 Å². The zero-order chi connectivity index (χ0) is 14.9. The number of nitrogens with zero attached hydrogens (tertiary/aromatic N) is 1. The Morgan fingerprint density at radius 2 is 1.90 bits per heavy atom. The SMILES string of the molecule is CCC1(C)CN(Cc2ccccc2C)C2(CCCC2)CN1. The molecule has 1 saturated carbocycles. The van der Waals surface area contributed by atoms with E-state index < -0.39 is 0 Å². The van der Waals surface area contributed by atoms with E-state index in [0.717, 1.165) is 6.54 Å². The quantitative estimate of drug-likeness (QED) is 0.907. The molecule has 1 saturated heterocycles. The monoisotopic (exact) mass is 286 g/mol. The molecule has 1 spiro atoms. The van der Waals surface area contributed by atoms with Crippen molar-refractivity contribution in [3.05, 3.63) is 35.4 Å². The van der Waals surface area contributed by atoms with Gasteiger partial charge in [0.15, 0.2) is 0 Å². The second-order valence-corrected chi connectivity index (χ2v) is 7.48. The van der Waals surface area contributed by atoms with Crippen LogP contribution in [0.1, 0.15) is 57.1 Å². The fourth-order valence-corrected chi connectivity index (χ4v) is 4.11. The topological polar surface area (TPSA) is 15.3 Å². The molecule has 2 fully saturated rings. The highest BCUT2D eigenvalue weighted by Gasteiger charge is 2.46. The molecule has 2 nitrogen and oxygen atoms in total. The van der Waals surface area contributed by atoms with Crippen LogP contribution in [-0.4, -0.2) is 29.1 Å². The van der Waals surface area contributed by atoms with Crippen molar-refractivity contribution in [1.82, 2.24) is 10.2 Å². The average Bonchev–Trinajstić information content (AvgIpc) is 2.96. The summed E-state index contributed by atoms with van der Waals surface area (Å²) in [5.41, 5.74) is 3.62. The lowest BCUT2D eigenvalue weighted by Gasteiger charge is -2.52. The summed E-state index contributed by atoms with van der Waals surface area (Å²) in [6, 6.07) is 8.89. The van der Waals surface area contributed by atoms with Gasteiger partial charge in [-0.3, -0.25) is 4.90 Å². The van der Waals surface area contributed by atoms with Gasteiger partial charge in [0.05, 0.1) is 0 Å². The third kappa shape index (κ3) is 2.89. The van der Waals surface area contributed by atoms with Crippen LogP contribution in [0.2, 0.25) is 0 Å². The molecule has 0 bridgehead atoms. The largest absolute Gasteiger partial charge is 0.308 e. The summed E-state index contributed by atoms with van der Waals surface area (Å²) in [6.07, 6.45) is 6.73. The predicted molar refractivity (Wildman–Crippen MR) is 89.5 cm³/mol. The Morgan fingerprint density at radius 3 is 2.57 bits per heavy atom. The van der Waals surface area contributed by atoms with Crippen LogP contribution in [0.15, 0.2) is 24.3 Å². The summed E-state index contributed by atoms with van der Waals surface area (Å²) >= 11 is 0. The Bertz CT molecular complexity index is 490. The van der Waals surface area contributed by atoms with Crippen LogP contribution in [0.3, 0.4) is 0 Å². The maximum Gasteiger partial charge on any atom is 0.0338 e. The Morgan fingerprint density at radius 1 is 1.19 bits per heavy atom. The molecule has 1 aliphatic carbocycles. The van der Waals surface area contributed by atoms with E-state index in [1.165, 1.54) is 56.3 Å². The van der Waals surface area contributed by atoms with Crippen molar-refractivity contribution in [2.75, 3.05) is 13.1 Å². The van der Waals surface area contributed by atoms with Gasteiger partial charge in [0.25, 0.3) is 0 Å². The van der Waals surface area contributed by atoms with Crippen LogP contribution in [0, 0.1) is 6.92 Å². The van der Waals surface area contributed by atoms with Crippen molar-refractivity contribution in [2.24, 2.45) is 0 Å². The molecule has 1 unspecified atom stereocenters. The minimum Gasteiger partial charge on any atom is -0.308 e. The van der Waals surface area contributed by atoms with Crippen LogP contribution in [0.4, 0.5) is 0 Å². The van der Waals surface area contributed by atoms with E-state index in [9.17, 15) is 0 Å². The van der Waals surface area contributed by atoms with Crippen molar-refractivity contribution in [3.8, 4) is 0 Å². The summed E-state index contributed by atoms with van der Waals surface area (Å²) in [5.74, 6) is 0. The van der Waals surface area contributed by atoms with Crippen LogP contribution in [0.5, 0.6) is 0 Å². The standard InChI is InChI=1S/C19H30N2/c1-4-18(3)15-21(13-17-10-6-5-9-16(17)2)19(14-20-18)11-7-8-12-19/h5-6,9-10,20H,4,7-8,11-15H2,1-3H3. The zero-order valence-corrected chi connectivity index (χ0v) is 13.9. The van der Waals surface area contributed by atoms with Gasteiger partial charge >= 0.3 is 0 Å². The fraction of sp³-hybridized carbons (Fsp3) is 0.684. The maximum atomic E-state index is 3.87. The van der Waals surface area contributed by atoms with Crippen molar-refractivity contribution >= 4 is 0 Å². The molecule has 0 radical (unpaired) electrons. The highest BCUT2D eigenvalue weighted by molar-refractivity contribution is 5.26. The number of piperazine rings is 1. The lowest BCUT2D eigenvalue weighted by molar-refractivity contribution is 0.00520. The lowest BCUT2D eigenvalue weighted by Crippen LogP contribution is -2.67. The second kappa shape index (κ2) is 5.73. The molecule has 3 rings (SSSR count). The molecule has 2 aliphatic rings. The third-order valence-corrected chi connectivity index (χ3v) is 5.99. The number of aryl methyl sites for hydroxylation is 1. The average molecular weight is 286 g/mol. The lowest BCUT2D eigenvalue weighted by atomic mass is 9.84. The van der Waals surface area contributed by atoms with Crippen molar-refractivity contribution in [3.63, 3.8) is 0 Å². The van der Waals surface area contributed by atoms with Gasteiger partial charge in [0, 0.05) is 30.7 Å². The van der Waals surface area contributed by atoms with Gasteiger partial charge < -0.3 is 5.32 Å². The van der Waals surface area contributed by atoms with Crippen LogP contribution in [0.25, 0.3) is 0 Å². The molecular formula is C19H30N2. The minimum absolute atomic E-state index is 0.274. The van der Waals surface area contributed by atoms with Gasteiger partial charge in [-0.2, -0.15) is 0 Å². The summed E-state index contributed by atoms with van der Waals surface area (Å²) in [7, 11) is 0. The number of hydrogen-bond donors (Lipinski definition) is 1. The van der Waals surface area contributed by atoms with Crippen molar-refractivity contribution in [1.29, 1.82) is 0 Å². The molecule has 21 heavy (non-hydrogen) atoms. The molecule has 116 valence electrons. The van der Waals surface area contributed by atoms with E-state index in [1.807, 2.05) is 0 Å². The Kier molecular flexibility index (Phi) is 4.11. The molecule has 0 amide bonds. The summed E-state index contributed by atoms with van der Waals surface area (Å²) in [5, 5.41) is 3.87. The predicted octanol–water partition coefficient (Wildman–Crippen LogP) is 3.88. The molecule has 1 atom stereocenters. The number of nitrogens with one attached hydrogen (secondary N) is 1. The van der Waals surface area contributed by atoms with E-state index in [0.29, 0.717) is 5.54 Å². The molecule has 1 heterocycles. The van der Waals surface area contributed by atoms with Gasteiger partial charge in [-0.15, -0.1) is 0 Å². The molecule has 0 aromatic heterocycles. The number of benzene rings is 1. The van der Waals surface area contributed by atoms with Gasteiger partial charge in [-0.05, 0) is 44.2 Å². The molecule has 1 aromatic carbocycles. The van der Waals surface area contributed by atoms with Gasteiger partial charge in [0.2, 0.25) is 0 Å². The zero-order valence-electron chi connectivity index (χ0n) is 13.9. The van der Waals surface area contributed by atoms with Crippen LogP contribution >= 0.6 is 0 Å². The van der Waals surface area contributed by atoms with Gasteiger partial charge in [-0.1, -0.05) is 44.0 Å². The summed E-state index contributed by atoms with van der Waals surface area (Å²) < 4.78 is 0. The first kappa shape index (κ1) is 15.1. The summed E-state index contributed by atoms with van der Waals surface area (Å²) in [6.45, 7) is 10.4. The first-order valence-corrected chi connectivity index (χ1v) is 8.62. The van der Waals surface area contributed by atoms with E-state index >= 15 is 0 Å². The molecular weight excluding hydrogens is 256 g/mol. The highest BCUT2D eigenvalue weighted by atomic mass is 15.3. The Labute approximate surface area is 129 Å². The highest BCUT2D eigenvalue weighted by Crippen LogP contribution is 2.40. The molecule has 2 heteroatoms. The first-order chi connectivity index (χ1) is 10.1. The molecule has 1 aliphatic heterocycles. The van der Waals surface area contributed by atoms with Crippen molar-refractivity contribution in [2.45, 2.75) is 70.5 Å². The van der Waals surface area contributed by atoms with Crippen molar-refractivity contribution < 1.29 is 0 Å². The first-order valence-electron chi connectivity index (χ1n) is 8.62. The van der Waals surface area contributed by atoms with E-state index in [1.54, 1.807) is 0 Å². The van der Waals surface area contributed by atoms with E-state index in [2.05, 4.69) is 55.3 Å². The maximum absolute atomic E-state index is 3.87. The van der Waals surface area contributed by atoms with E-state index in [4.69, 9.17) is 0 Å². The third-order valence-electron chi connectivity index (χ3n) is 5.99. The second-order valence-electron chi connectivity index (χ2n) is 7.48.